The summed E-state index contributed by atoms with van der Waals surface area (Å²) in [5, 5.41) is 8.19. The van der Waals surface area contributed by atoms with Crippen LogP contribution >= 0.6 is 11.3 Å². The number of nitrogens with zero attached hydrogens (tertiary/aromatic N) is 4. The second kappa shape index (κ2) is 7.17. The molecule has 0 saturated heterocycles. The minimum absolute atomic E-state index is 0. The fourth-order valence-corrected chi connectivity index (χ4v) is 3.65. The Labute approximate surface area is 156 Å². The van der Waals surface area contributed by atoms with E-state index < -0.39 is 0 Å². The Balaban J connectivity index is 0.00000196. The van der Waals surface area contributed by atoms with Gasteiger partial charge in [-0.15, -0.1) is 11.3 Å². The second-order valence-electron chi connectivity index (χ2n) is 5.88. The number of hydrogen-bond acceptors (Lipinski definition) is 6. The van der Waals surface area contributed by atoms with Crippen LogP contribution in [-0.2, 0) is 0 Å². The number of pyridine rings is 1. The molecule has 0 aliphatic heterocycles. The Morgan fingerprint density at radius 2 is 1.85 bits per heavy atom. The third-order valence-electron chi connectivity index (χ3n) is 4.11. The van der Waals surface area contributed by atoms with Gasteiger partial charge in [-0.05, 0) is 55.7 Å². The van der Waals surface area contributed by atoms with Crippen LogP contribution in [0.2, 0.25) is 0 Å². The standard InChI is InChI=1S/C19H16N4OS.CH4/c1-11-8-14(24-19-18-16(6-7-20-19)21-10-25-18)4-5-15(11)17-12(2)9-22-23-13(17)3;/h4-10H,1-3H3;1H4. The second-order valence-corrected chi connectivity index (χ2v) is 6.74. The summed E-state index contributed by atoms with van der Waals surface area (Å²) in [6, 6.07) is 7.93. The molecule has 3 heterocycles. The van der Waals surface area contributed by atoms with Crippen molar-refractivity contribution in [2.24, 2.45) is 0 Å². The van der Waals surface area contributed by atoms with E-state index in [2.05, 4.69) is 40.1 Å². The summed E-state index contributed by atoms with van der Waals surface area (Å²) in [5.74, 6) is 1.34. The zero-order chi connectivity index (χ0) is 17.4. The molecule has 6 heteroatoms. The van der Waals surface area contributed by atoms with Crippen LogP contribution < -0.4 is 4.74 Å². The lowest BCUT2D eigenvalue weighted by atomic mass is 9.96. The first-order valence-electron chi connectivity index (χ1n) is 7.89. The van der Waals surface area contributed by atoms with Crippen molar-refractivity contribution in [3.8, 4) is 22.8 Å². The summed E-state index contributed by atoms with van der Waals surface area (Å²) in [6.07, 6.45) is 3.51. The van der Waals surface area contributed by atoms with Crippen LogP contribution in [-0.4, -0.2) is 20.2 Å². The molecule has 5 nitrogen and oxygen atoms in total. The van der Waals surface area contributed by atoms with E-state index in [1.807, 2.05) is 25.1 Å². The van der Waals surface area contributed by atoms with Crippen LogP contribution in [0.3, 0.4) is 0 Å². The number of aryl methyl sites for hydroxylation is 3. The van der Waals surface area contributed by atoms with Crippen molar-refractivity contribution in [3.05, 3.63) is 59.0 Å². The van der Waals surface area contributed by atoms with Gasteiger partial charge in [-0.3, -0.25) is 0 Å². The average Bonchev–Trinajstić information content (AvgIpc) is 3.06. The summed E-state index contributed by atoms with van der Waals surface area (Å²) in [4.78, 5) is 8.64. The number of aromatic nitrogens is 4. The lowest BCUT2D eigenvalue weighted by Crippen LogP contribution is -1.96. The molecule has 0 amide bonds. The van der Waals surface area contributed by atoms with Crippen molar-refractivity contribution < 1.29 is 4.74 Å². The molecule has 26 heavy (non-hydrogen) atoms. The molecule has 0 N–H and O–H groups in total. The Hall–Kier alpha value is -2.86. The summed E-state index contributed by atoms with van der Waals surface area (Å²) in [5.41, 5.74) is 8.12. The van der Waals surface area contributed by atoms with Crippen LogP contribution in [0, 0.1) is 20.8 Å². The molecule has 3 aromatic heterocycles. The summed E-state index contributed by atoms with van der Waals surface area (Å²) < 4.78 is 6.97. The predicted octanol–water partition coefficient (Wildman–Crippen LogP) is 5.50. The molecule has 0 fully saturated rings. The fraction of sp³-hybridized carbons (Fsp3) is 0.200. The highest BCUT2D eigenvalue weighted by molar-refractivity contribution is 7.17. The summed E-state index contributed by atoms with van der Waals surface area (Å²) in [7, 11) is 0. The molecule has 0 radical (unpaired) electrons. The van der Waals surface area contributed by atoms with Gasteiger partial charge in [-0.2, -0.15) is 10.2 Å². The van der Waals surface area contributed by atoms with E-state index in [1.54, 1.807) is 17.9 Å². The van der Waals surface area contributed by atoms with Crippen molar-refractivity contribution in [2.45, 2.75) is 28.2 Å². The molecule has 0 aliphatic carbocycles. The number of thiazole rings is 1. The molecule has 1 aromatic carbocycles. The Morgan fingerprint density at radius 1 is 1.00 bits per heavy atom. The first-order chi connectivity index (χ1) is 12.1. The zero-order valence-electron chi connectivity index (χ0n) is 14.1. The first-order valence-corrected chi connectivity index (χ1v) is 8.77. The van der Waals surface area contributed by atoms with Crippen LogP contribution in [0.15, 0.2) is 42.2 Å². The molecule has 0 bridgehead atoms. The highest BCUT2D eigenvalue weighted by Gasteiger charge is 2.12. The monoisotopic (exact) mass is 364 g/mol. The molecule has 0 saturated carbocycles. The lowest BCUT2D eigenvalue weighted by molar-refractivity contribution is 0.469. The quantitative estimate of drug-likeness (QED) is 0.480. The summed E-state index contributed by atoms with van der Waals surface area (Å²) >= 11 is 1.53. The topological polar surface area (TPSA) is 60.8 Å². The molecule has 0 unspecified atom stereocenters. The SMILES string of the molecule is C.Cc1cc(Oc2nccc3ncsc23)ccc1-c1c(C)cnnc1C. The highest BCUT2D eigenvalue weighted by Crippen LogP contribution is 2.34. The van der Waals surface area contributed by atoms with Gasteiger partial charge in [0.05, 0.1) is 22.9 Å². The van der Waals surface area contributed by atoms with Gasteiger partial charge >= 0.3 is 0 Å². The zero-order valence-corrected chi connectivity index (χ0v) is 15.0. The van der Waals surface area contributed by atoms with Crippen LogP contribution in [0.1, 0.15) is 24.2 Å². The third-order valence-corrected chi connectivity index (χ3v) is 4.94. The lowest BCUT2D eigenvalue weighted by Gasteiger charge is -2.13. The van der Waals surface area contributed by atoms with Gasteiger partial charge in [0.15, 0.2) is 0 Å². The molecular weight excluding hydrogens is 344 g/mol. The van der Waals surface area contributed by atoms with Crippen molar-refractivity contribution in [1.29, 1.82) is 0 Å². The highest BCUT2D eigenvalue weighted by atomic mass is 32.1. The first kappa shape index (κ1) is 17.9. The van der Waals surface area contributed by atoms with E-state index in [0.717, 1.165) is 43.9 Å². The van der Waals surface area contributed by atoms with E-state index in [9.17, 15) is 0 Å². The molecule has 0 atom stereocenters. The minimum atomic E-state index is 0. The number of ether oxygens (including phenoxy) is 1. The number of fused-ring (bicyclic) bond motifs is 1. The van der Waals surface area contributed by atoms with Gasteiger partial charge in [0.25, 0.3) is 0 Å². The van der Waals surface area contributed by atoms with E-state index in [0.29, 0.717) is 5.88 Å². The van der Waals surface area contributed by atoms with E-state index >= 15 is 0 Å². The van der Waals surface area contributed by atoms with E-state index in [1.165, 1.54) is 11.3 Å². The Kier molecular flexibility index (Phi) is 4.95. The van der Waals surface area contributed by atoms with Crippen molar-refractivity contribution >= 4 is 21.6 Å². The maximum Gasteiger partial charge on any atom is 0.238 e. The Bertz CT molecular complexity index is 1050. The van der Waals surface area contributed by atoms with Crippen molar-refractivity contribution in [3.63, 3.8) is 0 Å². The van der Waals surface area contributed by atoms with Crippen LogP contribution in [0.25, 0.3) is 21.3 Å². The van der Waals surface area contributed by atoms with E-state index in [4.69, 9.17) is 4.74 Å². The largest absolute Gasteiger partial charge is 0.438 e. The fourth-order valence-electron chi connectivity index (χ4n) is 2.94. The molecule has 0 spiro atoms. The molecule has 132 valence electrons. The molecule has 4 aromatic rings. The normalized spacial score (nSPS) is 10.6. The summed E-state index contributed by atoms with van der Waals surface area (Å²) in [6.45, 7) is 6.10. The molecule has 0 aliphatic rings. The number of rotatable bonds is 3. The maximum atomic E-state index is 6.01. The van der Waals surface area contributed by atoms with Gasteiger partial charge in [-0.1, -0.05) is 13.5 Å². The number of hydrogen-bond donors (Lipinski definition) is 0. The number of benzene rings is 1. The van der Waals surface area contributed by atoms with Gasteiger partial charge in [0.2, 0.25) is 5.88 Å². The van der Waals surface area contributed by atoms with Crippen LogP contribution in [0.5, 0.6) is 11.6 Å². The van der Waals surface area contributed by atoms with Gasteiger partial charge < -0.3 is 4.74 Å². The van der Waals surface area contributed by atoms with Crippen LogP contribution in [0.4, 0.5) is 0 Å². The average molecular weight is 364 g/mol. The predicted molar refractivity (Wildman–Crippen MR) is 106 cm³/mol. The van der Waals surface area contributed by atoms with Gasteiger partial charge in [-0.25, -0.2) is 9.97 Å². The van der Waals surface area contributed by atoms with Crippen molar-refractivity contribution in [1.82, 2.24) is 20.2 Å². The maximum absolute atomic E-state index is 6.01. The van der Waals surface area contributed by atoms with E-state index in [-0.39, 0.29) is 7.43 Å². The van der Waals surface area contributed by atoms with Crippen molar-refractivity contribution in [2.75, 3.05) is 0 Å². The van der Waals surface area contributed by atoms with Gasteiger partial charge in [0.1, 0.15) is 10.4 Å². The molecule has 4 rings (SSSR count). The van der Waals surface area contributed by atoms with Gasteiger partial charge in [0, 0.05) is 11.8 Å². The molecular formula is C20H20N4OS. The third kappa shape index (κ3) is 3.15. The smallest absolute Gasteiger partial charge is 0.238 e. The Morgan fingerprint density at radius 3 is 2.62 bits per heavy atom. The minimum Gasteiger partial charge on any atom is -0.438 e.